The van der Waals surface area contributed by atoms with Gasteiger partial charge in [-0.2, -0.15) is 5.10 Å². The third-order valence-corrected chi connectivity index (χ3v) is 4.78. The minimum Gasteiger partial charge on any atom is -0.308 e. The minimum atomic E-state index is 0.869. The maximum Gasteiger partial charge on any atom is 0.0743 e. The molecule has 0 aliphatic heterocycles. The van der Waals surface area contributed by atoms with Gasteiger partial charge in [-0.1, -0.05) is 0 Å². The largest absolute Gasteiger partial charge is 0.308 e. The minimum absolute atomic E-state index is 0.869. The maximum atomic E-state index is 4.41. The second kappa shape index (κ2) is 5.33. The van der Waals surface area contributed by atoms with Crippen molar-refractivity contribution in [1.82, 2.24) is 15.1 Å². The molecule has 0 saturated heterocycles. The molecule has 3 nitrogen and oxygen atoms in total. The second-order valence-corrected chi connectivity index (χ2v) is 6.33. The molecule has 2 heterocycles. The third-order valence-electron chi connectivity index (χ3n) is 2.97. The van der Waals surface area contributed by atoms with Crippen LogP contribution in [0, 0.1) is 13.8 Å². The molecule has 0 spiro atoms. The zero-order valence-electron chi connectivity index (χ0n) is 10.2. The Bertz CT molecular complexity index is 516. The van der Waals surface area contributed by atoms with Crippen molar-refractivity contribution in [3.63, 3.8) is 0 Å². The van der Waals surface area contributed by atoms with Crippen molar-refractivity contribution in [2.24, 2.45) is 7.05 Å². The number of nitrogens with one attached hydrogen (secondary N) is 1. The van der Waals surface area contributed by atoms with E-state index in [0.29, 0.717) is 0 Å². The molecule has 92 valence electrons. The summed E-state index contributed by atoms with van der Waals surface area (Å²) in [5, 5.41) is 9.98. The molecular weight excluding hydrogens is 298 g/mol. The molecule has 17 heavy (non-hydrogen) atoms. The smallest absolute Gasteiger partial charge is 0.0743 e. The molecule has 0 atom stereocenters. The molecule has 1 N–H and O–H groups in total. The Balaban J connectivity index is 1.97. The number of nitrogens with zero attached hydrogens (tertiary/aromatic N) is 2. The van der Waals surface area contributed by atoms with Crippen molar-refractivity contribution in [2.45, 2.75) is 26.9 Å². The summed E-state index contributed by atoms with van der Waals surface area (Å²) in [6, 6.07) is 2.14. The molecule has 5 heteroatoms. The Hall–Kier alpha value is -0.650. The molecule has 0 aliphatic carbocycles. The van der Waals surface area contributed by atoms with Crippen molar-refractivity contribution in [2.75, 3.05) is 0 Å². The lowest BCUT2D eigenvalue weighted by atomic mass is 10.2. The van der Waals surface area contributed by atoms with Gasteiger partial charge in [0.2, 0.25) is 0 Å². The van der Waals surface area contributed by atoms with E-state index in [0.717, 1.165) is 18.8 Å². The van der Waals surface area contributed by atoms with E-state index in [-0.39, 0.29) is 0 Å². The van der Waals surface area contributed by atoms with Crippen LogP contribution < -0.4 is 5.32 Å². The average Bonchev–Trinajstić information content (AvgIpc) is 2.78. The van der Waals surface area contributed by atoms with Crippen LogP contribution in [0.3, 0.4) is 0 Å². The number of halogens is 1. The first-order valence-corrected chi connectivity index (χ1v) is 7.18. The maximum absolute atomic E-state index is 4.41. The first-order chi connectivity index (χ1) is 8.09. The zero-order valence-corrected chi connectivity index (χ0v) is 12.7. The zero-order chi connectivity index (χ0) is 12.4. The van der Waals surface area contributed by atoms with Crippen LogP contribution in [0.1, 0.15) is 22.5 Å². The van der Waals surface area contributed by atoms with E-state index in [1.54, 1.807) is 11.3 Å². The lowest BCUT2D eigenvalue weighted by Gasteiger charge is -2.05. The Kier molecular flexibility index (Phi) is 4.01. The van der Waals surface area contributed by atoms with Gasteiger partial charge >= 0.3 is 0 Å². The monoisotopic (exact) mass is 313 g/mol. The molecular formula is C12H16BrN3S. The summed E-state index contributed by atoms with van der Waals surface area (Å²) in [6.07, 6.45) is 0. The Morgan fingerprint density at radius 3 is 2.71 bits per heavy atom. The quantitative estimate of drug-likeness (QED) is 0.939. The molecule has 0 aliphatic rings. The second-order valence-electron chi connectivity index (χ2n) is 4.10. The van der Waals surface area contributed by atoms with E-state index in [4.69, 9.17) is 0 Å². The Morgan fingerprint density at radius 2 is 2.18 bits per heavy atom. The van der Waals surface area contributed by atoms with Crippen molar-refractivity contribution < 1.29 is 0 Å². The van der Waals surface area contributed by atoms with E-state index in [1.807, 2.05) is 11.7 Å². The number of rotatable bonds is 4. The summed E-state index contributed by atoms with van der Waals surface area (Å²) in [4.78, 5) is 0. The lowest BCUT2D eigenvalue weighted by Crippen LogP contribution is -2.13. The number of thiophene rings is 1. The molecule has 2 rings (SSSR count). The van der Waals surface area contributed by atoms with Gasteiger partial charge in [0.15, 0.2) is 0 Å². The van der Waals surface area contributed by atoms with E-state index >= 15 is 0 Å². The van der Waals surface area contributed by atoms with Crippen LogP contribution in [0.15, 0.2) is 15.2 Å². The highest BCUT2D eigenvalue weighted by molar-refractivity contribution is 9.11. The Morgan fingerprint density at radius 1 is 1.41 bits per heavy atom. The van der Waals surface area contributed by atoms with Crippen molar-refractivity contribution >= 4 is 27.3 Å². The Labute approximate surface area is 114 Å². The fraction of sp³-hybridized carbons (Fsp3) is 0.417. The molecule has 0 amide bonds. The molecule has 2 aromatic heterocycles. The van der Waals surface area contributed by atoms with E-state index in [9.17, 15) is 0 Å². The van der Waals surface area contributed by atoms with Gasteiger partial charge in [0.05, 0.1) is 9.48 Å². The third kappa shape index (κ3) is 2.78. The summed E-state index contributed by atoms with van der Waals surface area (Å²) in [5.41, 5.74) is 4.97. The molecule has 0 bridgehead atoms. The highest BCUT2D eigenvalue weighted by Crippen LogP contribution is 2.23. The van der Waals surface area contributed by atoms with Crippen LogP contribution in [0.25, 0.3) is 0 Å². The van der Waals surface area contributed by atoms with Crippen LogP contribution >= 0.6 is 27.3 Å². The highest BCUT2D eigenvalue weighted by atomic mass is 79.9. The fourth-order valence-electron chi connectivity index (χ4n) is 1.84. The van der Waals surface area contributed by atoms with Gasteiger partial charge < -0.3 is 5.32 Å². The molecule has 0 aromatic carbocycles. The first-order valence-electron chi connectivity index (χ1n) is 5.51. The number of hydrogen-bond donors (Lipinski definition) is 1. The van der Waals surface area contributed by atoms with E-state index < -0.39 is 0 Å². The molecule has 0 fully saturated rings. The number of aryl methyl sites for hydroxylation is 2. The molecule has 2 aromatic rings. The molecule has 0 unspecified atom stereocenters. The van der Waals surface area contributed by atoms with Gasteiger partial charge in [0.25, 0.3) is 0 Å². The summed E-state index contributed by atoms with van der Waals surface area (Å²) in [6.45, 7) is 5.92. The summed E-state index contributed by atoms with van der Waals surface area (Å²) in [7, 11) is 1.99. The predicted molar refractivity (Wildman–Crippen MR) is 75.2 cm³/mol. The van der Waals surface area contributed by atoms with E-state index in [2.05, 4.69) is 51.6 Å². The number of aromatic nitrogens is 2. The van der Waals surface area contributed by atoms with E-state index in [1.165, 1.54) is 20.6 Å². The standard InChI is InChI=1S/C12H16BrN3S/c1-8-11(9(2)16(3)15-8)7-14-6-10-4-5-17-12(10)13/h4-5,14H,6-7H2,1-3H3. The van der Waals surface area contributed by atoms with Gasteiger partial charge in [-0.15, -0.1) is 11.3 Å². The fourth-order valence-corrected chi connectivity index (χ4v) is 3.08. The molecule has 0 saturated carbocycles. The predicted octanol–water partition coefficient (Wildman–Crippen LogP) is 3.15. The topological polar surface area (TPSA) is 29.9 Å². The van der Waals surface area contributed by atoms with Crippen molar-refractivity contribution in [1.29, 1.82) is 0 Å². The summed E-state index contributed by atoms with van der Waals surface area (Å²) in [5.74, 6) is 0. The SMILES string of the molecule is Cc1nn(C)c(C)c1CNCc1ccsc1Br. The summed E-state index contributed by atoms with van der Waals surface area (Å²) < 4.78 is 3.15. The van der Waals surface area contributed by atoms with Gasteiger partial charge in [-0.25, -0.2) is 0 Å². The van der Waals surface area contributed by atoms with Crippen molar-refractivity contribution in [3.8, 4) is 0 Å². The van der Waals surface area contributed by atoms with Gasteiger partial charge in [-0.05, 0) is 46.8 Å². The normalized spacial score (nSPS) is 11.1. The molecule has 0 radical (unpaired) electrons. The van der Waals surface area contributed by atoms with Crippen LogP contribution in [0.2, 0.25) is 0 Å². The lowest BCUT2D eigenvalue weighted by molar-refractivity contribution is 0.684. The van der Waals surface area contributed by atoms with Crippen LogP contribution in [-0.4, -0.2) is 9.78 Å². The van der Waals surface area contributed by atoms with Crippen LogP contribution in [0.5, 0.6) is 0 Å². The van der Waals surface area contributed by atoms with Gasteiger partial charge in [-0.3, -0.25) is 4.68 Å². The van der Waals surface area contributed by atoms with Gasteiger partial charge in [0.1, 0.15) is 0 Å². The van der Waals surface area contributed by atoms with Crippen LogP contribution in [-0.2, 0) is 20.1 Å². The van der Waals surface area contributed by atoms with Crippen molar-refractivity contribution in [3.05, 3.63) is 37.7 Å². The number of hydrogen-bond acceptors (Lipinski definition) is 3. The average molecular weight is 314 g/mol. The summed E-state index contributed by atoms with van der Waals surface area (Å²) >= 11 is 5.27. The van der Waals surface area contributed by atoms with Crippen LogP contribution in [0.4, 0.5) is 0 Å². The first kappa shape index (κ1) is 12.8. The van der Waals surface area contributed by atoms with Gasteiger partial charge in [0, 0.05) is 31.4 Å². The highest BCUT2D eigenvalue weighted by Gasteiger charge is 2.08.